The Kier molecular flexibility index (Phi) is 3.19. The predicted octanol–water partition coefficient (Wildman–Crippen LogP) is -0.764. The van der Waals surface area contributed by atoms with Crippen LogP contribution < -0.4 is 5.32 Å². The van der Waals surface area contributed by atoms with Gasteiger partial charge in [0.05, 0.1) is 6.54 Å². The van der Waals surface area contributed by atoms with Crippen LogP contribution in [0.5, 0.6) is 0 Å². The fraction of sp³-hybridized carbons (Fsp3) is 0.800. The molecular formula is C5H12NO2+. The Hall–Kier alpha value is -0.570. The van der Waals surface area contributed by atoms with Gasteiger partial charge in [-0.1, -0.05) is 0 Å². The van der Waals surface area contributed by atoms with Gasteiger partial charge in [0.2, 0.25) is 5.91 Å². The molecule has 1 unspecified atom stereocenters. The molecule has 0 aromatic carbocycles. The third kappa shape index (κ3) is 5.43. The van der Waals surface area contributed by atoms with E-state index in [1.165, 1.54) is 6.92 Å². The van der Waals surface area contributed by atoms with E-state index in [0.29, 0.717) is 6.54 Å². The van der Waals surface area contributed by atoms with Crippen LogP contribution in [0, 0.1) is 0 Å². The van der Waals surface area contributed by atoms with Gasteiger partial charge in [-0.3, -0.25) is 4.79 Å². The second-order valence-corrected chi connectivity index (χ2v) is 1.84. The Bertz CT molecular complexity index is 80.5. The summed E-state index contributed by atoms with van der Waals surface area (Å²) in [7, 11) is 0. The van der Waals surface area contributed by atoms with Crippen LogP contribution in [-0.4, -0.2) is 23.7 Å². The van der Waals surface area contributed by atoms with Gasteiger partial charge >= 0.3 is 0 Å². The largest absolute Gasteiger partial charge is 0.442 e. The summed E-state index contributed by atoms with van der Waals surface area (Å²) in [5.74, 6) is -0.0656. The highest BCUT2D eigenvalue weighted by Crippen LogP contribution is 1.72. The molecule has 3 nitrogen and oxygen atoms in total. The fourth-order valence-electron chi connectivity index (χ4n) is 0.297. The molecule has 0 spiro atoms. The monoisotopic (exact) mass is 118 g/mol. The first kappa shape index (κ1) is 7.43. The van der Waals surface area contributed by atoms with E-state index in [1.54, 1.807) is 6.92 Å². The number of rotatable bonds is 2. The number of amides is 1. The van der Waals surface area contributed by atoms with Crippen LogP contribution in [0.25, 0.3) is 0 Å². The normalized spacial score (nSPS) is 12.9. The number of hydrogen-bond acceptors (Lipinski definition) is 1. The minimum Gasteiger partial charge on any atom is -0.442 e. The zero-order valence-electron chi connectivity index (χ0n) is 5.19. The minimum atomic E-state index is -0.195. The van der Waals surface area contributed by atoms with Crippen molar-refractivity contribution in [2.45, 2.75) is 20.0 Å². The highest BCUT2D eigenvalue weighted by atomic mass is 16.3. The zero-order valence-corrected chi connectivity index (χ0v) is 5.19. The third-order valence-electron chi connectivity index (χ3n) is 0.657. The number of carbonyl (C=O) groups excluding carboxylic acids is 1. The maximum Gasteiger partial charge on any atom is 0.217 e. The Morgan fingerprint density at radius 1 is 1.88 bits per heavy atom. The molecule has 0 radical (unpaired) electrons. The summed E-state index contributed by atoms with van der Waals surface area (Å²) in [6, 6.07) is 0. The Morgan fingerprint density at radius 2 is 2.38 bits per heavy atom. The number of nitrogens with one attached hydrogen (secondary N) is 1. The zero-order chi connectivity index (χ0) is 6.57. The van der Waals surface area contributed by atoms with Gasteiger partial charge in [-0.25, -0.2) is 0 Å². The van der Waals surface area contributed by atoms with Gasteiger partial charge < -0.3 is 10.4 Å². The lowest BCUT2D eigenvalue weighted by atomic mass is 10.4. The summed E-state index contributed by atoms with van der Waals surface area (Å²) in [6.07, 6.45) is -0.195. The van der Waals surface area contributed by atoms with E-state index in [4.69, 9.17) is 5.11 Å². The molecule has 1 amide bonds. The summed E-state index contributed by atoms with van der Waals surface area (Å²) in [4.78, 5) is 10.2. The Labute approximate surface area is 48.7 Å². The van der Waals surface area contributed by atoms with Gasteiger partial charge in [-0.2, -0.15) is 0 Å². The molecule has 0 bridgehead atoms. The molecule has 3 N–H and O–H groups in total. The van der Waals surface area contributed by atoms with E-state index in [2.05, 4.69) is 5.32 Å². The van der Waals surface area contributed by atoms with Crippen LogP contribution in [0.3, 0.4) is 0 Å². The van der Waals surface area contributed by atoms with Crippen molar-refractivity contribution < 1.29 is 9.90 Å². The van der Waals surface area contributed by atoms with Crippen LogP contribution >= 0.6 is 0 Å². The first-order valence-corrected chi connectivity index (χ1v) is 2.58. The van der Waals surface area contributed by atoms with Gasteiger partial charge in [0, 0.05) is 13.8 Å². The van der Waals surface area contributed by atoms with Crippen molar-refractivity contribution in [2.24, 2.45) is 0 Å². The molecule has 0 saturated heterocycles. The molecule has 0 rings (SSSR count). The van der Waals surface area contributed by atoms with Gasteiger partial charge in [0.1, 0.15) is 0 Å². The molecule has 0 aliphatic rings. The molecule has 48 valence electrons. The first-order valence-electron chi connectivity index (χ1n) is 2.58. The third-order valence-corrected chi connectivity index (χ3v) is 0.657. The maximum absolute atomic E-state index is 10.2. The topological polar surface area (TPSA) is 52.0 Å². The van der Waals surface area contributed by atoms with Crippen LogP contribution in [0.4, 0.5) is 0 Å². The van der Waals surface area contributed by atoms with Gasteiger partial charge in [-0.15, -0.1) is 0 Å². The number of carbonyl (C=O) groups is 1. The molecule has 0 aliphatic heterocycles. The molecule has 0 aromatic rings. The molecule has 0 heterocycles. The van der Waals surface area contributed by atoms with Gasteiger partial charge in [-0.05, 0) is 0 Å². The van der Waals surface area contributed by atoms with Crippen LogP contribution in [0.1, 0.15) is 13.8 Å². The molecule has 0 aliphatic carbocycles. The Balaban J connectivity index is 3.05. The van der Waals surface area contributed by atoms with Crippen molar-refractivity contribution >= 4 is 5.91 Å². The Morgan fingerprint density at radius 3 is 2.50 bits per heavy atom. The van der Waals surface area contributed by atoms with Gasteiger partial charge in [0.15, 0.2) is 6.10 Å². The second-order valence-electron chi connectivity index (χ2n) is 1.84. The van der Waals surface area contributed by atoms with Crippen molar-refractivity contribution in [1.82, 2.24) is 5.32 Å². The van der Waals surface area contributed by atoms with Crippen molar-refractivity contribution in [2.75, 3.05) is 6.54 Å². The molecule has 1 atom stereocenters. The summed E-state index contributed by atoms with van der Waals surface area (Å²) in [5.41, 5.74) is 0. The van der Waals surface area contributed by atoms with E-state index in [9.17, 15) is 4.79 Å². The lowest BCUT2D eigenvalue weighted by Crippen LogP contribution is -2.28. The lowest BCUT2D eigenvalue weighted by Gasteiger charge is -1.98. The smallest absolute Gasteiger partial charge is 0.217 e. The lowest BCUT2D eigenvalue weighted by molar-refractivity contribution is -0.119. The quantitative estimate of drug-likeness (QED) is 0.476. The fourth-order valence-corrected chi connectivity index (χ4v) is 0.297. The highest BCUT2D eigenvalue weighted by molar-refractivity contribution is 5.72. The SMILES string of the molecule is CC(=O)NCC(C)[OH2+]. The number of hydrogen-bond donors (Lipinski definition) is 1. The second kappa shape index (κ2) is 3.43. The molecule has 3 heteroatoms. The van der Waals surface area contributed by atoms with Crippen molar-refractivity contribution in [3.05, 3.63) is 0 Å². The molecule has 0 saturated carbocycles. The molecule has 0 fully saturated rings. The van der Waals surface area contributed by atoms with Crippen LogP contribution in [0.2, 0.25) is 0 Å². The average molecular weight is 118 g/mol. The summed E-state index contributed by atoms with van der Waals surface area (Å²) in [5, 5.41) is 9.47. The van der Waals surface area contributed by atoms with E-state index < -0.39 is 0 Å². The first-order chi connectivity index (χ1) is 3.63. The van der Waals surface area contributed by atoms with Crippen molar-refractivity contribution in [1.29, 1.82) is 0 Å². The van der Waals surface area contributed by atoms with E-state index in [-0.39, 0.29) is 12.0 Å². The van der Waals surface area contributed by atoms with Gasteiger partial charge in [0.25, 0.3) is 0 Å². The molecule has 8 heavy (non-hydrogen) atoms. The maximum atomic E-state index is 10.2. The summed E-state index contributed by atoms with van der Waals surface area (Å²) < 4.78 is 0. The summed E-state index contributed by atoms with van der Waals surface area (Å²) in [6.45, 7) is 3.63. The van der Waals surface area contributed by atoms with Crippen LogP contribution in [-0.2, 0) is 4.79 Å². The molecular weight excluding hydrogens is 106 g/mol. The van der Waals surface area contributed by atoms with E-state index >= 15 is 0 Å². The standard InChI is InChI=1S/C5H11NO2/c1-4(7)3-6-5(2)8/h4,7H,3H2,1-2H3,(H,6,8)/p+1. The van der Waals surface area contributed by atoms with E-state index in [0.717, 1.165) is 0 Å². The van der Waals surface area contributed by atoms with Crippen molar-refractivity contribution in [3.63, 3.8) is 0 Å². The molecule has 0 aromatic heterocycles. The summed E-state index contributed by atoms with van der Waals surface area (Å²) >= 11 is 0. The van der Waals surface area contributed by atoms with Crippen LogP contribution in [0.15, 0.2) is 0 Å². The highest BCUT2D eigenvalue weighted by Gasteiger charge is 1.98. The predicted molar refractivity (Wildman–Crippen MR) is 31.8 cm³/mol. The average Bonchev–Trinajstić information content (AvgIpc) is 1.61. The van der Waals surface area contributed by atoms with E-state index in [1.807, 2.05) is 0 Å². The van der Waals surface area contributed by atoms with Crippen molar-refractivity contribution in [3.8, 4) is 0 Å². The minimum absolute atomic E-state index is 0.0656.